The van der Waals surface area contributed by atoms with Crippen LogP contribution in [0.15, 0.2) is 89.5 Å². The molecule has 2 aliphatic rings. The zero-order valence-electron chi connectivity index (χ0n) is 25.0. The van der Waals surface area contributed by atoms with Gasteiger partial charge in [-0.3, -0.25) is 9.59 Å². The summed E-state index contributed by atoms with van der Waals surface area (Å²) in [5, 5.41) is 6.17. The summed E-state index contributed by atoms with van der Waals surface area (Å²) in [6.45, 7) is 7.34. The summed E-state index contributed by atoms with van der Waals surface area (Å²) in [5.74, 6) is -0.840. The zero-order chi connectivity index (χ0) is 30.7. The van der Waals surface area contributed by atoms with E-state index in [4.69, 9.17) is 9.15 Å². The van der Waals surface area contributed by atoms with Crippen LogP contribution in [0.25, 0.3) is 0 Å². The highest BCUT2D eigenvalue weighted by Gasteiger charge is 2.46. The van der Waals surface area contributed by atoms with Crippen molar-refractivity contribution in [3.8, 4) is 0 Å². The van der Waals surface area contributed by atoms with Gasteiger partial charge in [0, 0.05) is 37.4 Å². The van der Waals surface area contributed by atoms with Crippen molar-refractivity contribution in [2.75, 3.05) is 47.9 Å². The number of hydrogen-bond donors (Lipinski definition) is 2. The molecule has 9 heteroatoms. The van der Waals surface area contributed by atoms with Gasteiger partial charge < -0.3 is 29.6 Å². The number of para-hydroxylation sites is 1. The van der Waals surface area contributed by atoms with E-state index < -0.39 is 5.54 Å². The van der Waals surface area contributed by atoms with Crippen LogP contribution in [0, 0.1) is 6.92 Å². The maximum atomic E-state index is 13.6. The number of piperazine rings is 1. The lowest BCUT2D eigenvalue weighted by Gasteiger charge is -2.38. The summed E-state index contributed by atoms with van der Waals surface area (Å²) >= 11 is 0. The first kappa shape index (κ1) is 29.0. The van der Waals surface area contributed by atoms with Crippen LogP contribution in [0.5, 0.6) is 0 Å². The number of aryl methyl sites for hydroxylation is 1. The summed E-state index contributed by atoms with van der Waals surface area (Å²) in [7, 11) is 0. The van der Waals surface area contributed by atoms with Gasteiger partial charge >= 0.3 is 5.97 Å². The third-order valence-corrected chi connectivity index (χ3v) is 8.36. The molecule has 1 aliphatic heterocycles. The molecule has 2 fully saturated rings. The molecule has 9 nitrogen and oxygen atoms in total. The molecule has 2 N–H and O–H groups in total. The molecule has 1 saturated carbocycles. The molecule has 6 rings (SSSR count). The summed E-state index contributed by atoms with van der Waals surface area (Å²) < 4.78 is 10.5. The minimum Gasteiger partial charge on any atom is -0.462 e. The number of ether oxygens (including phenoxy) is 1. The number of amides is 2. The standard InChI is InChI=1S/C35H36N4O5/c1-3-43-34(42)26-9-6-10-27(22-26)35(15-16-35)37-32(40)25-13-14-30(28(23-25)36-33(41)31-12-7-21-44-31)39-19-17-38(18-20-39)29-11-5-4-8-24(29)2/h4-14,21-23H,3,15-20H2,1-2H3,(H,36,41)(H,37,40). The Morgan fingerprint density at radius 2 is 1.57 bits per heavy atom. The van der Waals surface area contributed by atoms with E-state index in [0.29, 0.717) is 23.4 Å². The van der Waals surface area contributed by atoms with Crippen LogP contribution >= 0.6 is 0 Å². The smallest absolute Gasteiger partial charge is 0.338 e. The van der Waals surface area contributed by atoms with Crippen molar-refractivity contribution >= 4 is 34.8 Å². The second kappa shape index (κ2) is 12.3. The third-order valence-electron chi connectivity index (χ3n) is 8.36. The summed E-state index contributed by atoms with van der Waals surface area (Å²) in [4.78, 5) is 43.6. The van der Waals surface area contributed by atoms with Crippen LogP contribution in [0.1, 0.15) is 62.2 Å². The molecule has 44 heavy (non-hydrogen) atoms. The minimum absolute atomic E-state index is 0.189. The largest absolute Gasteiger partial charge is 0.462 e. The van der Waals surface area contributed by atoms with Crippen LogP contribution < -0.4 is 20.4 Å². The van der Waals surface area contributed by atoms with Crippen molar-refractivity contribution in [2.24, 2.45) is 0 Å². The fraction of sp³-hybridized carbons (Fsp3) is 0.286. The van der Waals surface area contributed by atoms with Crippen LogP contribution in [0.4, 0.5) is 17.1 Å². The van der Waals surface area contributed by atoms with E-state index in [1.165, 1.54) is 17.5 Å². The number of benzene rings is 3. The van der Waals surface area contributed by atoms with Crippen molar-refractivity contribution in [1.29, 1.82) is 0 Å². The Morgan fingerprint density at radius 3 is 2.25 bits per heavy atom. The molecular formula is C35H36N4O5. The van der Waals surface area contributed by atoms with Gasteiger partial charge in [0.15, 0.2) is 5.76 Å². The Morgan fingerprint density at radius 1 is 0.818 bits per heavy atom. The van der Waals surface area contributed by atoms with Gasteiger partial charge in [-0.2, -0.15) is 0 Å². The second-order valence-electron chi connectivity index (χ2n) is 11.3. The number of carbonyl (C=O) groups is 3. The predicted molar refractivity (Wildman–Crippen MR) is 169 cm³/mol. The van der Waals surface area contributed by atoms with Gasteiger partial charge in [0.05, 0.1) is 35.3 Å². The maximum Gasteiger partial charge on any atom is 0.338 e. The fourth-order valence-electron chi connectivity index (χ4n) is 5.81. The molecule has 2 heterocycles. The lowest BCUT2D eigenvalue weighted by molar-refractivity contribution is 0.0526. The molecule has 3 aromatic carbocycles. The van der Waals surface area contributed by atoms with Gasteiger partial charge in [-0.1, -0.05) is 30.3 Å². The Balaban J connectivity index is 1.23. The van der Waals surface area contributed by atoms with E-state index in [1.54, 1.807) is 43.3 Å². The van der Waals surface area contributed by atoms with Crippen molar-refractivity contribution in [3.05, 3.63) is 113 Å². The molecular weight excluding hydrogens is 556 g/mol. The minimum atomic E-state index is -0.554. The number of nitrogens with one attached hydrogen (secondary N) is 2. The highest BCUT2D eigenvalue weighted by atomic mass is 16.5. The number of furan rings is 1. The molecule has 4 aromatic rings. The monoisotopic (exact) mass is 592 g/mol. The Hall–Kier alpha value is -5.05. The van der Waals surface area contributed by atoms with Gasteiger partial charge in [-0.05, 0) is 86.3 Å². The second-order valence-corrected chi connectivity index (χ2v) is 11.3. The average Bonchev–Trinajstić information content (AvgIpc) is 3.61. The molecule has 0 spiro atoms. The first-order valence-electron chi connectivity index (χ1n) is 15.0. The van der Waals surface area contributed by atoms with E-state index in [9.17, 15) is 14.4 Å². The van der Waals surface area contributed by atoms with Crippen LogP contribution in [0.2, 0.25) is 0 Å². The fourth-order valence-corrected chi connectivity index (χ4v) is 5.81. The van der Waals surface area contributed by atoms with Crippen LogP contribution in [-0.2, 0) is 10.3 Å². The molecule has 1 saturated heterocycles. The highest BCUT2D eigenvalue weighted by molar-refractivity contribution is 6.06. The van der Waals surface area contributed by atoms with E-state index in [-0.39, 0.29) is 23.5 Å². The molecule has 1 aliphatic carbocycles. The van der Waals surface area contributed by atoms with E-state index in [0.717, 1.165) is 50.3 Å². The molecule has 1 aromatic heterocycles. The van der Waals surface area contributed by atoms with Crippen molar-refractivity contribution in [2.45, 2.75) is 32.2 Å². The first-order valence-corrected chi connectivity index (χ1v) is 15.0. The average molecular weight is 593 g/mol. The summed E-state index contributed by atoms with van der Waals surface area (Å²) in [6, 6.07) is 24.3. The Labute approximate surface area is 256 Å². The summed E-state index contributed by atoms with van der Waals surface area (Å²) in [6.07, 6.45) is 2.98. The molecule has 0 unspecified atom stereocenters. The Bertz CT molecular complexity index is 1670. The summed E-state index contributed by atoms with van der Waals surface area (Å²) in [5.41, 5.74) is 5.05. The van der Waals surface area contributed by atoms with Gasteiger partial charge in [0.1, 0.15) is 0 Å². The van der Waals surface area contributed by atoms with E-state index in [2.05, 4.69) is 45.6 Å². The van der Waals surface area contributed by atoms with Gasteiger partial charge in [-0.25, -0.2) is 4.79 Å². The number of carbonyl (C=O) groups excluding carboxylic acids is 3. The number of rotatable bonds is 9. The lowest BCUT2D eigenvalue weighted by atomic mass is 10.0. The van der Waals surface area contributed by atoms with Gasteiger partial charge in [0.25, 0.3) is 11.8 Å². The number of anilines is 3. The topological polar surface area (TPSA) is 104 Å². The van der Waals surface area contributed by atoms with E-state index in [1.807, 2.05) is 24.3 Å². The third kappa shape index (κ3) is 6.04. The van der Waals surface area contributed by atoms with Crippen LogP contribution in [0.3, 0.4) is 0 Å². The lowest BCUT2D eigenvalue weighted by Crippen LogP contribution is -2.47. The van der Waals surface area contributed by atoms with Crippen molar-refractivity contribution in [1.82, 2.24) is 5.32 Å². The quantitative estimate of drug-likeness (QED) is 0.238. The van der Waals surface area contributed by atoms with Crippen molar-refractivity contribution < 1.29 is 23.5 Å². The SMILES string of the molecule is CCOC(=O)c1cccc(C2(NC(=O)c3ccc(N4CCN(c5ccccc5C)CC4)c(NC(=O)c4ccco4)c3)CC2)c1. The number of nitrogens with zero attached hydrogens (tertiary/aromatic N) is 2. The predicted octanol–water partition coefficient (Wildman–Crippen LogP) is 5.76. The van der Waals surface area contributed by atoms with Crippen LogP contribution in [-0.4, -0.2) is 50.6 Å². The highest BCUT2D eigenvalue weighted by Crippen LogP contribution is 2.46. The van der Waals surface area contributed by atoms with Crippen molar-refractivity contribution in [3.63, 3.8) is 0 Å². The molecule has 226 valence electrons. The molecule has 0 radical (unpaired) electrons. The zero-order valence-corrected chi connectivity index (χ0v) is 25.0. The number of hydrogen-bond acceptors (Lipinski definition) is 7. The normalized spacial score (nSPS) is 15.4. The van der Waals surface area contributed by atoms with Gasteiger partial charge in [0.2, 0.25) is 0 Å². The molecule has 0 atom stereocenters. The van der Waals surface area contributed by atoms with Gasteiger partial charge in [-0.15, -0.1) is 0 Å². The maximum absolute atomic E-state index is 13.6. The molecule has 2 amide bonds. The Kier molecular flexibility index (Phi) is 8.11. The molecule has 0 bridgehead atoms. The first-order chi connectivity index (χ1) is 21.4. The number of esters is 1. The van der Waals surface area contributed by atoms with E-state index >= 15 is 0 Å².